The van der Waals surface area contributed by atoms with Crippen molar-refractivity contribution in [3.63, 3.8) is 0 Å². The van der Waals surface area contributed by atoms with Crippen molar-refractivity contribution in [3.8, 4) is 0 Å². The number of nitrogens with one attached hydrogen (secondary N) is 1. The minimum absolute atomic E-state index is 0.0772. The molecule has 0 aliphatic carbocycles. The lowest BCUT2D eigenvalue weighted by Crippen LogP contribution is -2.61. The Hall–Kier alpha value is -1.18. The second kappa shape index (κ2) is 15.6. The second-order valence-corrected chi connectivity index (χ2v) is 8.73. The maximum Gasteiger partial charge on any atom is 0.306 e. The van der Waals surface area contributed by atoms with Crippen molar-refractivity contribution < 1.29 is 29.3 Å². The fourth-order valence-corrected chi connectivity index (χ4v) is 3.96. The molecule has 7 nitrogen and oxygen atoms in total. The van der Waals surface area contributed by atoms with Crippen LogP contribution in [0.15, 0.2) is 0 Å². The van der Waals surface area contributed by atoms with E-state index in [1.165, 1.54) is 58.3 Å². The van der Waals surface area contributed by atoms with Crippen molar-refractivity contribution in [3.05, 3.63) is 0 Å². The van der Waals surface area contributed by atoms with Gasteiger partial charge in [-0.1, -0.05) is 78.1 Å². The van der Waals surface area contributed by atoms with Gasteiger partial charge in [-0.25, -0.2) is 0 Å². The summed E-state index contributed by atoms with van der Waals surface area (Å²) in [6, 6.07) is -0.628. The van der Waals surface area contributed by atoms with Gasteiger partial charge < -0.3 is 25.0 Å². The van der Waals surface area contributed by atoms with E-state index >= 15 is 0 Å². The maximum absolute atomic E-state index is 12.4. The standard InChI is InChI=1S/C23H43NO6/c1-4-5-6-7-8-9-10-11-12-13-17(2)14-21(27)30-23-19(24-18(3)26)16-29-20(15-25)22(23)28/h17,19-20,22-23,25,28H,4-16H2,1-3H3,(H,24,26). The van der Waals surface area contributed by atoms with Crippen molar-refractivity contribution in [1.82, 2.24) is 5.32 Å². The molecule has 1 saturated heterocycles. The van der Waals surface area contributed by atoms with E-state index in [4.69, 9.17) is 9.47 Å². The summed E-state index contributed by atoms with van der Waals surface area (Å²) in [4.78, 5) is 23.8. The van der Waals surface area contributed by atoms with Crippen LogP contribution in [0.3, 0.4) is 0 Å². The number of unbranched alkanes of at least 4 members (excludes halogenated alkanes) is 8. The number of aliphatic hydroxyl groups is 2. The second-order valence-electron chi connectivity index (χ2n) is 8.73. The molecular weight excluding hydrogens is 386 g/mol. The summed E-state index contributed by atoms with van der Waals surface area (Å²) in [6.45, 7) is 5.33. The Labute approximate surface area is 181 Å². The number of aliphatic hydroxyl groups excluding tert-OH is 2. The molecule has 1 heterocycles. The van der Waals surface area contributed by atoms with Crippen LogP contribution >= 0.6 is 0 Å². The first-order chi connectivity index (χ1) is 14.4. The Morgan fingerprint density at radius 2 is 1.70 bits per heavy atom. The Bertz CT molecular complexity index is 486. The zero-order valence-corrected chi connectivity index (χ0v) is 19.1. The lowest BCUT2D eigenvalue weighted by atomic mass is 9.97. The van der Waals surface area contributed by atoms with E-state index in [0.29, 0.717) is 0 Å². The molecule has 1 amide bonds. The summed E-state index contributed by atoms with van der Waals surface area (Å²) < 4.78 is 10.9. The summed E-state index contributed by atoms with van der Waals surface area (Å²) >= 11 is 0. The number of rotatable bonds is 15. The van der Waals surface area contributed by atoms with Crippen LogP contribution in [-0.2, 0) is 19.1 Å². The van der Waals surface area contributed by atoms with Crippen LogP contribution < -0.4 is 5.32 Å². The Balaban J connectivity index is 2.30. The summed E-state index contributed by atoms with van der Waals surface area (Å²) in [5.74, 6) is -0.485. The quantitative estimate of drug-likeness (QED) is 0.273. The lowest BCUT2D eigenvalue weighted by Gasteiger charge is -2.39. The van der Waals surface area contributed by atoms with E-state index in [0.717, 1.165) is 12.8 Å². The molecule has 1 aliphatic heterocycles. The Morgan fingerprint density at radius 1 is 1.10 bits per heavy atom. The molecule has 1 rings (SSSR count). The van der Waals surface area contributed by atoms with Gasteiger partial charge in [0.05, 0.1) is 19.3 Å². The highest BCUT2D eigenvalue weighted by molar-refractivity contribution is 5.73. The SMILES string of the molecule is CCCCCCCCCCCC(C)CC(=O)OC1C(NC(C)=O)COC(CO)C1O. The van der Waals surface area contributed by atoms with Crippen LogP contribution in [0.5, 0.6) is 0 Å². The molecule has 5 unspecified atom stereocenters. The number of ether oxygens (including phenoxy) is 2. The zero-order chi connectivity index (χ0) is 22.4. The topological polar surface area (TPSA) is 105 Å². The minimum atomic E-state index is -1.18. The van der Waals surface area contributed by atoms with Gasteiger partial charge in [-0.2, -0.15) is 0 Å². The van der Waals surface area contributed by atoms with Crippen LogP contribution in [0.25, 0.3) is 0 Å². The predicted octanol–water partition coefficient (Wildman–Crippen LogP) is 3.10. The van der Waals surface area contributed by atoms with Gasteiger partial charge in [0.1, 0.15) is 12.2 Å². The fraction of sp³-hybridized carbons (Fsp3) is 0.913. The first-order valence-electron chi connectivity index (χ1n) is 11.8. The maximum atomic E-state index is 12.4. The molecular formula is C23H43NO6. The number of carbonyl (C=O) groups is 2. The van der Waals surface area contributed by atoms with Crippen molar-refractivity contribution in [2.75, 3.05) is 13.2 Å². The van der Waals surface area contributed by atoms with Gasteiger partial charge in [0, 0.05) is 13.3 Å². The van der Waals surface area contributed by atoms with E-state index in [1.54, 1.807) is 0 Å². The monoisotopic (exact) mass is 429 g/mol. The van der Waals surface area contributed by atoms with E-state index in [9.17, 15) is 19.8 Å². The number of esters is 1. The van der Waals surface area contributed by atoms with Gasteiger partial charge in [0.15, 0.2) is 6.10 Å². The number of carbonyl (C=O) groups excluding carboxylic acids is 2. The van der Waals surface area contributed by atoms with Crippen molar-refractivity contribution in [1.29, 1.82) is 0 Å². The Morgan fingerprint density at radius 3 is 2.27 bits per heavy atom. The van der Waals surface area contributed by atoms with Gasteiger partial charge in [-0.15, -0.1) is 0 Å². The van der Waals surface area contributed by atoms with Crippen LogP contribution in [0.4, 0.5) is 0 Å². The van der Waals surface area contributed by atoms with Gasteiger partial charge in [-0.05, 0) is 5.92 Å². The predicted molar refractivity (Wildman–Crippen MR) is 116 cm³/mol. The molecule has 7 heteroatoms. The van der Waals surface area contributed by atoms with Crippen molar-refractivity contribution in [2.24, 2.45) is 5.92 Å². The molecule has 0 aromatic carbocycles. The van der Waals surface area contributed by atoms with Crippen LogP contribution in [-0.4, -0.2) is 59.7 Å². The largest absolute Gasteiger partial charge is 0.457 e. The highest BCUT2D eigenvalue weighted by Crippen LogP contribution is 2.21. The molecule has 0 saturated carbocycles. The number of hydrogen-bond acceptors (Lipinski definition) is 6. The highest BCUT2D eigenvalue weighted by Gasteiger charge is 2.42. The van der Waals surface area contributed by atoms with Gasteiger partial charge in [0.25, 0.3) is 0 Å². The third-order valence-corrected chi connectivity index (χ3v) is 5.76. The zero-order valence-electron chi connectivity index (χ0n) is 19.1. The van der Waals surface area contributed by atoms with E-state index in [2.05, 4.69) is 12.2 Å². The molecule has 5 atom stereocenters. The smallest absolute Gasteiger partial charge is 0.306 e. The molecule has 0 bridgehead atoms. The minimum Gasteiger partial charge on any atom is -0.457 e. The van der Waals surface area contributed by atoms with Gasteiger partial charge in [0.2, 0.25) is 5.91 Å². The third-order valence-electron chi connectivity index (χ3n) is 5.76. The normalized spacial score (nSPS) is 25.0. The van der Waals surface area contributed by atoms with Crippen LogP contribution in [0.2, 0.25) is 0 Å². The van der Waals surface area contributed by atoms with Crippen LogP contribution in [0, 0.1) is 5.92 Å². The summed E-state index contributed by atoms with van der Waals surface area (Å²) in [5, 5.41) is 22.4. The van der Waals surface area contributed by atoms with Crippen molar-refractivity contribution >= 4 is 11.9 Å². The molecule has 1 fully saturated rings. The van der Waals surface area contributed by atoms with E-state index < -0.39 is 30.3 Å². The molecule has 0 radical (unpaired) electrons. The van der Waals surface area contributed by atoms with Gasteiger partial charge >= 0.3 is 5.97 Å². The molecule has 176 valence electrons. The Kier molecular flexibility index (Phi) is 14.0. The van der Waals surface area contributed by atoms with Crippen molar-refractivity contribution in [2.45, 2.75) is 116 Å². The summed E-state index contributed by atoms with van der Waals surface area (Å²) in [6.07, 6.45) is 9.76. The first kappa shape index (κ1) is 26.9. The molecule has 30 heavy (non-hydrogen) atoms. The first-order valence-corrected chi connectivity index (χ1v) is 11.8. The average Bonchev–Trinajstić information content (AvgIpc) is 2.69. The van der Waals surface area contributed by atoms with E-state index in [1.807, 2.05) is 6.92 Å². The average molecular weight is 430 g/mol. The number of hydrogen-bond donors (Lipinski definition) is 3. The van der Waals surface area contributed by atoms with Crippen LogP contribution in [0.1, 0.15) is 91.4 Å². The third kappa shape index (κ3) is 10.7. The lowest BCUT2D eigenvalue weighted by molar-refractivity contribution is -0.191. The summed E-state index contributed by atoms with van der Waals surface area (Å²) in [5.41, 5.74) is 0. The summed E-state index contributed by atoms with van der Waals surface area (Å²) in [7, 11) is 0. The fourth-order valence-electron chi connectivity index (χ4n) is 3.96. The van der Waals surface area contributed by atoms with E-state index in [-0.39, 0.29) is 31.5 Å². The molecule has 0 aromatic rings. The highest BCUT2D eigenvalue weighted by atomic mass is 16.6. The molecule has 0 spiro atoms. The number of amides is 1. The van der Waals surface area contributed by atoms with Gasteiger partial charge in [-0.3, -0.25) is 9.59 Å². The molecule has 0 aromatic heterocycles. The molecule has 3 N–H and O–H groups in total. The molecule has 1 aliphatic rings.